The second-order valence-corrected chi connectivity index (χ2v) is 8.85. The zero-order valence-electron chi connectivity index (χ0n) is 16.2. The van der Waals surface area contributed by atoms with E-state index in [9.17, 15) is 13.2 Å². The van der Waals surface area contributed by atoms with Gasteiger partial charge in [0.2, 0.25) is 15.9 Å². The Hall–Kier alpha value is -2.91. The summed E-state index contributed by atoms with van der Waals surface area (Å²) in [7, 11) is -2.33. The van der Waals surface area contributed by atoms with E-state index in [0.717, 1.165) is 17.5 Å². The lowest BCUT2D eigenvalue weighted by Gasteiger charge is -2.23. The van der Waals surface area contributed by atoms with Crippen LogP contribution < -0.4 is 10.1 Å². The number of rotatable bonds is 5. The molecule has 29 heavy (non-hydrogen) atoms. The van der Waals surface area contributed by atoms with Crippen molar-refractivity contribution in [3.63, 3.8) is 0 Å². The first-order valence-electron chi connectivity index (χ1n) is 9.32. The van der Waals surface area contributed by atoms with E-state index in [1.807, 2.05) is 24.3 Å². The van der Waals surface area contributed by atoms with Crippen molar-refractivity contribution >= 4 is 32.7 Å². The minimum atomic E-state index is -3.79. The monoisotopic (exact) mass is 414 g/mol. The third kappa shape index (κ3) is 3.58. The maximum absolute atomic E-state index is 13.4. The van der Waals surface area contributed by atoms with Crippen LogP contribution in [0.25, 0.3) is 11.0 Å². The lowest BCUT2D eigenvalue weighted by Crippen LogP contribution is -2.31. The average molecular weight is 414 g/mol. The maximum Gasteiger partial charge on any atom is 0.243 e. The minimum Gasteiger partial charge on any atom is -0.495 e. The molecule has 0 spiro atoms. The summed E-state index contributed by atoms with van der Waals surface area (Å²) in [6.07, 6.45) is 1.43. The number of fused-ring (bicyclic) bond motifs is 1. The number of aromatic amines is 1. The summed E-state index contributed by atoms with van der Waals surface area (Å²) in [5, 5.41) is 2.62. The van der Waals surface area contributed by atoms with Crippen LogP contribution in [-0.4, -0.2) is 42.3 Å². The number of nitrogens with zero attached hydrogens (tertiary/aromatic N) is 2. The second kappa shape index (κ2) is 7.49. The fourth-order valence-electron chi connectivity index (χ4n) is 3.70. The molecule has 8 nitrogen and oxygen atoms in total. The highest BCUT2D eigenvalue weighted by Gasteiger charge is 2.38. The third-order valence-corrected chi connectivity index (χ3v) is 6.92. The first-order chi connectivity index (χ1) is 13.9. The molecule has 1 aliphatic heterocycles. The summed E-state index contributed by atoms with van der Waals surface area (Å²) >= 11 is 0. The van der Waals surface area contributed by atoms with E-state index < -0.39 is 10.0 Å². The van der Waals surface area contributed by atoms with Crippen LogP contribution in [0.4, 0.5) is 5.69 Å². The summed E-state index contributed by atoms with van der Waals surface area (Å²) in [6.45, 7) is 1.77. The van der Waals surface area contributed by atoms with Gasteiger partial charge in [0.05, 0.1) is 34.8 Å². The number of hydrogen-bond acceptors (Lipinski definition) is 5. The van der Waals surface area contributed by atoms with E-state index >= 15 is 0 Å². The van der Waals surface area contributed by atoms with Crippen molar-refractivity contribution in [3.8, 4) is 5.75 Å². The molecule has 1 aliphatic rings. The molecule has 3 aromatic rings. The standard InChI is InChI=1S/C20H22N4O4S/c1-13(25)21-17-12-14(9-10-19(17)28-2)29(26,27)24-11-5-8-18(24)20-22-15-6-3-4-7-16(15)23-20/h3-4,6-7,9-10,12,18H,5,8,11H2,1-2H3,(H,21,25)(H,22,23). The van der Waals surface area contributed by atoms with Crippen LogP contribution in [0, 0.1) is 0 Å². The molecular weight excluding hydrogens is 392 g/mol. The fraction of sp³-hybridized carbons (Fsp3) is 0.300. The molecule has 1 fully saturated rings. The molecule has 152 valence electrons. The van der Waals surface area contributed by atoms with E-state index in [-0.39, 0.29) is 16.8 Å². The van der Waals surface area contributed by atoms with Crippen molar-refractivity contribution in [2.45, 2.75) is 30.7 Å². The Kier molecular flexibility index (Phi) is 5.01. The molecule has 1 atom stereocenters. The first-order valence-corrected chi connectivity index (χ1v) is 10.8. The molecule has 1 amide bonds. The van der Waals surface area contributed by atoms with Gasteiger partial charge in [-0.2, -0.15) is 4.31 Å². The van der Waals surface area contributed by atoms with Gasteiger partial charge >= 0.3 is 0 Å². The molecule has 2 aromatic carbocycles. The van der Waals surface area contributed by atoms with Crippen LogP contribution >= 0.6 is 0 Å². The van der Waals surface area contributed by atoms with Crippen molar-refractivity contribution in [1.82, 2.24) is 14.3 Å². The number of anilines is 1. The van der Waals surface area contributed by atoms with Crippen LogP contribution in [0.1, 0.15) is 31.6 Å². The Morgan fingerprint density at radius 3 is 2.79 bits per heavy atom. The van der Waals surface area contributed by atoms with Crippen molar-refractivity contribution < 1.29 is 17.9 Å². The largest absolute Gasteiger partial charge is 0.495 e. The molecule has 1 aromatic heterocycles. The van der Waals surface area contributed by atoms with E-state index in [4.69, 9.17) is 4.74 Å². The number of sulfonamides is 1. The molecule has 2 heterocycles. The van der Waals surface area contributed by atoms with Crippen molar-refractivity contribution in [3.05, 3.63) is 48.3 Å². The lowest BCUT2D eigenvalue weighted by atomic mass is 10.2. The fourth-order valence-corrected chi connectivity index (χ4v) is 5.39. The average Bonchev–Trinajstić information content (AvgIpc) is 3.34. The number of hydrogen-bond donors (Lipinski definition) is 2. The van der Waals surface area contributed by atoms with Crippen LogP contribution in [-0.2, 0) is 14.8 Å². The van der Waals surface area contributed by atoms with Gasteiger partial charge in [0.1, 0.15) is 11.6 Å². The van der Waals surface area contributed by atoms with Gasteiger partial charge in [0, 0.05) is 13.5 Å². The van der Waals surface area contributed by atoms with E-state index in [2.05, 4.69) is 15.3 Å². The van der Waals surface area contributed by atoms with Gasteiger partial charge in [-0.25, -0.2) is 13.4 Å². The molecular formula is C20H22N4O4S. The summed E-state index contributed by atoms with van der Waals surface area (Å²) in [4.78, 5) is 19.4. The summed E-state index contributed by atoms with van der Waals surface area (Å²) < 4.78 is 33.5. The highest BCUT2D eigenvalue weighted by molar-refractivity contribution is 7.89. The molecule has 4 rings (SSSR count). The first kappa shape index (κ1) is 19.4. The van der Waals surface area contributed by atoms with Gasteiger partial charge in [0.15, 0.2) is 0 Å². The van der Waals surface area contributed by atoms with Gasteiger partial charge in [-0.3, -0.25) is 4.79 Å². The smallest absolute Gasteiger partial charge is 0.243 e. The molecule has 1 saturated heterocycles. The van der Waals surface area contributed by atoms with Gasteiger partial charge in [-0.05, 0) is 43.2 Å². The van der Waals surface area contributed by atoms with Gasteiger partial charge in [0.25, 0.3) is 0 Å². The Morgan fingerprint density at radius 1 is 1.28 bits per heavy atom. The molecule has 2 N–H and O–H groups in total. The van der Waals surface area contributed by atoms with Gasteiger partial charge in [-0.1, -0.05) is 12.1 Å². The van der Waals surface area contributed by atoms with Gasteiger partial charge in [-0.15, -0.1) is 0 Å². The number of aromatic nitrogens is 2. The Labute approximate surface area is 168 Å². The SMILES string of the molecule is COc1ccc(S(=O)(=O)N2CCCC2c2nc3ccccc3[nH]2)cc1NC(C)=O. The Morgan fingerprint density at radius 2 is 2.07 bits per heavy atom. The van der Waals surface area contributed by atoms with Gasteiger partial charge < -0.3 is 15.0 Å². The number of imidazole rings is 1. The minimum absolute atomic E-state index is 0.102. The zero-order chi connectivity index (χ0) is 20.6. The number of carbonyl (C=O) groups is 1. The molecule has 0 saturated carbocycles. The molecule has 0 aliphatic carbocycles. The second-order valence-electron chi connectivity index (χ2n) is 6.96. The molecule has 0 radical (unpaired) electrons. The van der Waals surface area contributed by atoms with E-state index in [0.29, 0.717) is 30.2 Å². The number of H-pyrrole nitrogens is 1. The van der Waals surface area contributed by atoms with E-state index in [1.165, 1.54) is 30.5 Å². The lowest BCUT2D eigenvalue weighted by molar-refractivity contribution is -0.114. The third-order valence-electron chi connectivity index (χ3n) is 5.02. The predicted molar refractivity (Wildman–Crippen MR) is 109 cm³/mol. The normalized spacial score (nSPS) is 17.5. The summed E-state index contributed by atoms with van der Waals surface area (Å²) in [5.41, 5.74) is 2.01. The van der Waals surface area contributed by atoms with E-state index in [1.54, 1.807) is 6.07 Å². The van der Waals surface area contributed by atoms with Crippen LogP contribution in [0.15, 0.2) is 47.4 Å². The molecule has 0 bridgehead atoms. The number of amides is 1. The Bertz CT molecular complexity index is 1140. The highest BCUT2D eigenvalue weighted by atomic mass is 32.2. The topological polar surface area (TPSA) is 104 Å². The quantitative estimate of drug-likeness (QED) is 0.668. The van der Waals surface area contributed by atoms with Crippen LogP contribution in [0.3, 0.4) is 0 Å². The molecule has 9 heteroatoms. The van der Waals surface area contributed by atoms with Crippen molar-refractivity contribution in [1.29, 1.82) is 0 Å². The summed E-state index contributed by atoms with van der Waals surface area (Å²) in [5.74, 6) is 0.733. The van der Waals surface area contributed by atoms with Crippen LogP contribution in [0.2, 0.25) is 0 Å². The number of carbonyl (C=O) groups excluding carboxylic acids is 1. The highest BCUT2D eigenvalue weighted by Crippen LogP contribution is 2.37. The van der Waals surface area contributed by atoms with Crippen molar-refractivity contribution in [2.75, 3.05) is 19.0 Å². The number of para-hydroxylation sites is 2. The van der Waals surface area contributed by atoms with Crippen molar-refractivity contribution in [2.24, 2.45) is 0 Å². The molecule has 1 unspecified atom stereocenters. The van der Waals surface area contributed by atoms with Crippen LogP contribution in [0.5, 0.6) is 5.75 Å². The maximum atomic E-state index is 13.4. The zero-order valence-corrected chi connectivity index (χ0v) is 17.0. The number of methoxy groups -OCH3 is 1. The summed E-state index contributed by atoms with van der Waals surface area (Å²) in [6, 6.07) is 11.7. The number of nitrogens with one attached hydrogen (secondary N) is 2. The number of ether oxygens (including phenoxy) is 1. The number of benzene rings is 2. The predicted octanol–water partition coefficient (Wildman–Crippen LogP) is 3.06. The Balaban J connectivity index is 1.71.